The average molecular weight is 376 g/mol. The molecule has 0 aliphatic carbocycles. The van der Waals surface area contributed by atoms with Crippen molar-refractivity contribution in [3.05, 3.63) is 29.3 Å². The van der Waals surface area contributed by atoms with Crippen LogP contribution >= 0.6 is 12.4 Å². The Bertz CT molecular complexity index is 671. The fourth-order valence-electron chi connectivity index (χ4n) is 2.72. The van der Waals surface area contributed by atoms with Crippen molar-refractivity contribution >= 4 is 28.3 Å². The first-order valence-corrected chi connectivity index (χ1v) is 9.35. The first-order chi connectivity index (χ1) is 10.9. The third-order valence-corrected chi connectivity index (χ3v) is 6.28. The summed E-state index contributed by atoms with van der Waals surface area (Å²) in [5, 5.41) is 2.77. The Hall–Kier alpha value is -1.15. The summed E-state index contributed by atoms with van der Waals surface area (Å²) in [6.45, 7) is 5.47. The maximum absolute atomic E-state index is 12.7. The third kappa shape index (κ3) is 4.69. The molecule has 1 amide bonds. The van der Waals surface area contributed by atoms with E-state index in [-0.39, 0.29) is 24.2 Å². The van der Waals surface area contributed by atoms with Crippen LogP contribution in [0.25, 0.3) is 0 Å². The number of nitrogens with two attached hydrogens (primary N) is 1. The minimum atomic E-state index is -3.49. The van der Waals surface area contributed by atoms with Crippen molar-refractivity contribution in [3.63, 3.8) is 0 Å². The van der Waals surface area contributed by atoms with E-state index in [0.29, 0.717) is 43.9 Å². The summed E-state index contributed by atoms with van der Waals surface area (Å²) >= 11 is 0. The summed E-state index contributed by atoms with van der Waals surface area (Å²) in [6.07, 6.45) is 1.08. The lowest BCUT2D eigenvalue weighted by Gasteiger charge is -2.30. The van der Waals surface area contributed by atoms with Crippen LogP contribution in [0.1, 0.15) is 24.0 Å². The quantitative estimate of drug-likeness (QED) is 0.808. The predicted octanol–water partition coefficient (Wildman–Crippen LogP) is 1.20. The Morgan fingerprint density at radius 2 is 1.88 bits per heavy atom. The first kappa shape index (κ1) is 20.9. The Kier molecular flexibility index (Phi) is 7.66. The highest BCUT2D eigenvalue weighted by Crippen LogP contribution is 2.25. The van der Waals surface area contributed by atoms with Gasteiger partial charge in [0.05, 0.1) is 4.90 Å². The summed E-state index contributed by atoms with van der Waals surface area (Å²) < 4.78 is 26.9. The van der Waals surface area contributed by atoms with Crippen molar-refractivity contribution in [3.8, 4) is 0 Å². The Balaban J connectivity index is 0.00000288. The molecule has 3 N–H and O–H groups in total. The molecule has 0 aromatic heterocycles. The van der Waals surface area contributed by atoms with E-state index in [1.165, 1.54) is 4.31 Å². The maximum Gasteiger partial charge on any atom is 0.243 e. The van der Waals surface area contributed by atoms with Crippen LogP contribution in [0.15, 0.2) is 23.1 Å². The number of nitrogens with one attached hydrogen (secondary N) is 1. The zero-order valence-corrected chi connectivity index (χ0v) is 15.8. The Morgan fingerprint density at radius 1 is 1.25 bits per heavy atom. The molecule has 1 aliphatic rings. The minimum Gasteiger partial charge on any atom is -0.355 e. The topological polar surface area (TPSA) is 92.5 Å². The van der Waals surface area contributed by atoms with E-state index in [1.807, 2.05) is 19.9 Å². The van der Waals surface area contributed by atoms with Gasteiger partial charge in [-0.2, -0.15) is 4.31 Å². The van der Waals surface area contributed by atoms with Crippen molar-refractivity contribution in [1.29, 1.82) is 0 Å². The number of rotatable bonds is 5. The van der Waals surface area contributed by atoms with Gasteiger partial charge in [0.2, 0.25) is 15.9 Å². The molecule has 1 saturated heterocycles. The predicted molar refractivity (Wildman–Crippen MR) is 96.7 cm³/mol. The molecule has 6 nitrogen and oxygen atoms in total. The Morgan fingerprint density at radius 3 is 2.42 bits per heavy atom. The number of piperidine rings is 1. The van der Waals surface area contributed by atoms with E-state index in [0.717, 1.165) is 11.1 Å². The number of nitrogens with zero attached hydrogens (tertiary/aromatic N) is 1. The lowest BCUT2D eigenvalue weighted by atomic mass is 9.97. The van der Waals surface area contributed by atoms with Gasteiger partial charge in [0.1, 0.15) is 0 Å². The molecule has 0 radical (unpaired) electrons. The molecule has 24 heavy (non-hydrogen) atoms. The zero-order chi connectivity index (χ0) is 17.0. The zero-order valence-electron chi connectivity index (χ0n) is 14.1. The molecule has 1 aromatic rings. The van der Waals surface area contributed by atoms with Crippen molar-refractivity contribution in [2.75, 3.05) is 26.2 Å². The minimum absolute atomic E-state index is 0. The van der Waals surface area contributed by atoms with Crippen LogP contribution in [0.2, 0.25) is 0 Å². The molecule has 136 valence electrons. The highest BCUT2D eigenvalue weighted by Gasteiger charge is 2.32. The fraction of sp³-hybridized carbons (Fsp3) is 0.562. The van der Waals surface area contributed by atoms with Crippen LogP contribution in [0.3, 0.4) is 0 Å². The number of benzene rings is 1. The molecule has 2 rings (SSSR count). The smallest absolute Gasteiger partial charge is 0.243 e. The number of amides is 1. The van der Waals surface area contributed by atoms with Gasteiger partial charge in [-0.3, -0.25) is 4.79 Å². The second-order valence-electron chi connectivity index (χ2n) is 6.00. The van der Waals surface area contributed by atoms with E-state index in [4.69, 9.17) is 5.73 Å². The van der Waals surface area contributed by atoms with Gasteiger partial charge in [0.25, 0.3) is 0 Å². The molecule has 0 bridgehead atoms. The number of carbonyl (C=O) groups is 1. The van der Waals surface area contributed by atoms with E-state index in [1.54, 1.807) is 12.1 Å². The summed E-state index contributed by atoms with van der Waals surface area (Å²) in [4.78, 5) is 12.3. The summed E-state index contributed by atoms with van der Waals surface area (Å²) in [6, 6.07) is 5.19. The van der Waals surface area contributed by atoms with Crippen LogP contribution in [-0.4, -0.2) is 44.8 Å². The molecule has 1 aliphatic heterocycles. The molecule has 1 heterocycles. The standard InChI is InChI=1S/C16H25N3O3S.ClH/c1-12-3-4-15(11-13(12)2)23(21,22)19-9-5-14(6-10-19)16(20)18-8-7-17;/h3-4,11,14H,5-10,17H2,1-2H3,(H,18,20);1H. The van der Waals surface area contributed by atoms with Gasteiger partial charge in [0, 0.05) is 32.1 Å². The van der Waals surface area contributed by atoms with Gasteiger partial charge in [-0.25, -0.2) is 8.42 Å². The number of halogens is 1. The Labute approximate surface area is 150 Å². The van der Waals surface area contributed by atoms with Crippen LogP contribution < -0.4 is 11.1 Å². The maximum atomic E-state index is 12.7. The number of hydrogen-bond acceptors (Lipinski definition) is 4. The normalized spacial score (nSPS) is 16.5. The number of aryl methyl sites for hydroxylation is 2. The van der Waals surface area contributed by atoms with Crippen molar-refractivity contribution in [1.82, 2.24) is 9.62 Å². The number of carbonyl (C=O) groups excluding carboxylic acids is 1. The highest BCUT2D eigenvalue weighted by molar-refractivity contribution is 7.89. The molecular weight excluding hydrogens is 350 g/mol. The number of hydrogen-bond donors (Lipinski definition) is 2. The fourth-order valence-corrected chi connectivity index (χ4v) is 4.28. The lowest BCUT2D eigenvalue weighted by molar-refractivity contribution is -0.126. The van der Waals surface area contributed by atoms with E-state index in [2.05, 4.69) is 5.32 Å². The van der Waals surface area contributed by atoms with E-state index < -0.39 is 10.0 Å². The van der Waals surface area contributed by atoms with Crippen LogP contribution in [0, 0.1) is 19.8 Å². The molecule has 8 heteroatoms. The molecule has 0 saturated carbocycles. The number of sulfonamides is 1. The highest BCUT2D eigenvalue weighted by atomic mass is 35.5. The van der Waals surface area contributed by atoms with Gasteiger partial charge < -0.3 is 11.1 Å². The molecular formula is C16H26ClN3O3S. The van der Waals surface area contributed by atoms with E-state index >= 15 is 0 Å². The monoisotopic (exact) mass is 375 g/mol. The molecule has 1 aromatic carbocycles. The van der Waals surface area contributed by atoms with Gasteiger partial charge in [-0.05, 0) is 49.9 Å². The first-order valence-electron chi connectivity index (χ1n) is 7.91. The van der Waals surface area contributed by atoms with Crippen molar-refractivity contribution in [2.45, 2.75) is 31.6 Å². The molecule has 0 atom stereocenters. The molecule has 1 fully saturated rings. The molecule has 0 unspecified atom stereocenters. The average Bonchev–Trinajstić information content (AvgIpc) is 2.55. The van der Waals surface area contributed by atoms with Gasteiger partial charge >= 0.3 is 0 Å². The van der Waals surface area contributed by atoms with Crippen LogP contribution in [0.5, 0.6) is 0 Å². The second kappa shape index (κ2) is 8.80. The van der Waals surface area contributed by atoms with E-state index in [9.17, 15) is 13.2 Å². The lowest BCUT2D eigenvalue weighted by Crippen LogP contribution is -2.43. The summed E-state index contributed by atoms with van der Waals surface area (Å²) in [7, 11) is -3.49. The van der Waals surface area contributed by atoms with Crippen LogP contribution in [0.4, 0.5) is 0 Å². The third-order valence-electron chi connectivity index (χ3n) is 4.38. The van der Waals surface area contributed by atoms with Crippen molar-refractivity contribution in [2.24, 2.45) is 11.7 Å². The largest absolute Gasteiger partial charge is 0.355 e. The molecule has 0 spiro atoms. The van der Waals surface area contributed by atoms with Crippen LogP contribution in [-0.2, 0) is 14.8 Å². The second-order valence-corrected chi connectivity index (χ2v) is 7.94. The SMILES string of the molecule is Cc1ccc(S(=O)(=O)N2CCC(C(=O)NCCN)CC2)cc1C.Cl. The van der Waals surface area contributed by atoms with Crippen molar-refractivity contribution < 1.29 is 13.2 Å². The summed E-state index contributed by atoms with van der Waals surface area (Å²) in [5.74, 6) is -0.161. The van der Waals surface area contributed by atoms with Gasteiger partial charge in [0.15, 0.2) is 0 Å². The summed E-state index contributed by atoms with van der Waals surface area (Å²) in [5.41, 5.74) is 7.40. The van der Waals surface area contributed by atoms with Gasteiger partial charge in [-0.15, -0.1) is 12.4 Å². The van der Waals surface area contributed by atoms with Gasteiger partial charge in [-0.1, -0.05) is 6.07 Å².